The average Bonchev–Trinajstić information content (AvgIpc) is 3.33. The number of nitrogens with two attached hydrogens (primary N) is 2. The number of carbonyl (C=O) groups is 1. The summed E-state index contributed by atoms with van der Waals surface area (Å²) in [7, 11) is 0. The number of rotatable bonds is 4. The van der Waals surface area contributed by atoms with E-state index in [1.807, 2.05) is 0 Å². The molecule has 2 aliphatic carbocycles. The number of hydrogen-bond acceptors (Lipinski definition) is 5. The summed E-state index contributed by atoms with van der Waals surface area (Å²) in [4.78, 5) is 19.1. The Balaban J connectivity index is 0.000000229. The molecule has 0 radical (unpaired) electrons. The molecule has 0 spiro atoms. The number of hydrogen-bond donors (Lipinski definition) is 3. The molecular weight excluding hydrogens is 292 g/mol. The number of carbonyl (C=O) groups excluding carboxylic acids is 1. The van der Waals surface area contributed by atoms with Gasteiger partial charge in [0.25, 0.3) is 5.91 Å². The smallest absolute Gasteiger partial charge is 0.252 e. The summed E-state index contributed by atoms with van der Waals surface area (Å²) in [6.45, 7) is 2.17. The number of primary amides is 1. The summed E-state index contributed by atoms with van der Waals surface area (Å²) >= 11 is 0. The van der Waals surface area contributed by atoms with Crippen LogP contribution in [0.15, 0.2) is 6.20 Å². The number of anilines is 1. The van der Waals surface area contributed by atoms with Crippen LogP contribution in [0.5, 0.6) is 0 Å². The van der Waals surface area contributed by atoms with Crippen LogP contribution in [0.4, 0.5) is 5.95 Å². The quantitative estimate of drug-likeness (QED) is 0.785. The van der Waals surface area contributed by atoms with Gasteiger partial charge in [0, 0.05) is 6.20 Å². The molecule has 1 amide bonds. The van der Waals surface area contributed by atoms with Crippen LogP contribution < -0.4 is 11.5 Å². The number of amides is 1. The fraction of sp³-hybridized carbons (Fsp3) is 0.706. The maximum Gasteiger partial charge on any atom is 0.252 e. The Kier molecular flexibility index (Phi) is 6.33. The van der Waals surface area contributed by atoms with Gasteiger partial charge in [0.05, 0.1) is 17.4 Å². The molecule has 2 aliphatic rings. The third-order valence-electron chi connectivity index (χ3n) is 4.67. The van der Waals surface area contributed by atoms with Crippen molar-refractivity contribution < 1.29 is 9.90 Å². The molecule has 2 fully saturated rings. The molecule has 0 aromatic carbocycles. The van der Waals surface area contributed by atoms with Gasteiger partial charge < -0.3 is 16.6 Å². The van der Waals surface area contributed by atoms with Gasteiger partial charge in [-0.2, -0.15) is 0 Å². The molecule has 1 aromatic rings. The number of nitrogens with zero attached hydrogens (tertiary/aromatic N) is 2. The van der Waals surface area contributed by atoms with Gasteiger partial charge in [-0.05, 0) is 43.9 Å². The topological polar surface area (TPSA) is 115 Å². The van der Waals surface area contributed by atoms with Crippen molar-refractivity contribution in [1.82, 2.24) is 9.97 Å². The van der Waals surface area contributed by atoms with Crippen LogP contribution >= 0.6 is 0 Å². The second-order valence-electron chi connectivity index (χ2n) is 6.76. The van der Waals surface area contributed by atoms with E-state index in [0.29, 0.717) is 17.2 Å². The normalized spacial score (nSPS) is 19.6. The Hall–Kier alpha value is -1.69. The molecule has 1 heterocycles. The Morgan fingerprint density at radius 1 is 1.30 bits per heavy atom. The number of aliphatic hydroxyl groups is 1. The first-order valence-corrected chi connectivity index (χ1v) is 8.56. The minimum atomic E-state index is -0.488. The van der Waals surface area contributed by atoms with E-state index in [0.717, 1.165) is 25.2 Å². The molecule has 5 N–H and O–H groups in total. The summed E-state index contributed by atoms with van der Waals surface area (Å²) < 4.78 is 0. The third kappa shape index (κ3) is 5.78. The van der Waals surface area contributed by atoms with E-state index < -0.39 is 5.91 Å². The molecular formula is C17H28N4O2. The van der Waals surface area contributed by atoms with Crippen molar-refractivity contribution >= 4 is 11.9 Å². The monoisotopic (exact) mass is 320 g/mol. The third-order valence-corrected chi connectivity index (χ3v) is 4.67. The van der Waals surface area contributed by atoms with Gasteiger partial charge in [0.15, 0.2) is 0 Å². The molecule has 128 valence electrons. The van der Waals surface area contributed by atoms with Crippen molar-refractivity contribution in [3.8, 4) is 0 Å². The summed E-state index contributed by atoms with van der Waals surface area (Å²) in [6.07, 6.45) is 10.6. The average molecular weight is 320 g/mol. The van der Waals surface area contributed by atoms with E-state index >= 15 is 0 Å². The van der Waals surface area contributed by atoms with Crippen molar-refractivity contribution in [2.75, 3.05) is 5.73 Å². The van der Waals surface area contributed by atoms with Gasteiger partial charge in [-0.3, -0.25) is 4.79 Å². The number of aliphatic hydroxyl groups excluding tert-OH is 1. The summed E-state index contributed by atoms with van der Waals surface area (Å²) in [5.74, 6) is 0.991. The lowest BCUT2D eigenvalue weighted by molar-refractivity contribution is 0.0998. The predicted octanol–water partition coefficient (Wildman–Crippen LogP) is 2.06. The molecule has 0 saturated heterocycles. The Morgan fingerprint density at radius 2 is 1.96 bits per heavy atom. The molecule has 6 heteroatoms. The molecule has 6 nitrogen and oxygen atoms in total. The van der Waals surface area contributed by atoms with E-state index in [4.69, 9.17) is 16.6 Å². The van der Waals surface area contributed by atoms with Crippen LogP contribution in [0, 0.1) is 11.8 Å². The highest BCUT2D eigenvalue weighted by Crippen LogP contribution is 2.38. The standard InChI is InChI=1S/C11H16N4O.C6H12O/c1-6(7-2-3-7)4-9-8(10(12)16)5-14-11(13)15-9;7-6-4-2-1-3-5-6/h5-7H,2-4H2,1H3,(H2,12,16)(H2,13,14,15);6-7H,1-5H2/t6-;/m0./s1. The van der Waals surface area contributed by atoms with E-state index in [9.17, 15) is 4.79 Å². The fourth-order valence-corrected chi connectivity index (χ4v) is 3.01. The summed E-state index contributed by atoms with van der Waals surface area (Å²) in [6, 6.07) is 0. The first-order chi connectivity index (χ1) is 11.0. The maximum absolute atomic E-state index is 11.2. The molecule has 0 unspecified atom stereocenters. The highest BCUT2D eigenvalue weighted by Gasteiger charge is 2.29. The summed E-state index contributed by atoms with van der Waals surface area (Å²) in [5.41, 5.74) is 11.9. The minimum absolute atomic E-state index is 0.0359. The molecule has 0 bridgehead atoms. The van der Waals surface area contributed by atoms with E-state index in [2.05, 4.69) is 16.9 Å². The van der Waals surface area contributed by atoms with Gasteiger partial charge in [0.1, 0.15) is 0 Å². The number of aromatic nitrogens is 2. The highest BCUT2D eigenvalue weighted by molar-refractivity contribution is 5.93. The zero-order valence-corrected chi connectivity index (χ0v) is 13.9. The number of nitrogen functional groups attached to an aromatic ring is 1. The molecule has 23 heavy (non-hydrogen) atoms. The second kappa shape index (κ2) is 8.24. The lowest BCUT2D eigenvalue weighted by Gasteiger charge is -2.14. The van der Waals surface area contributed by atoms with Crippen molar-refractivity contribution in [1.29, 1.82) is 0 Å². The fourth-order valence-electron chi connectivity index (χ4n) is 3.01. The predicted molar refractivity (Wildman–Crippen MR) is 89.6 cm³/mol. The lowest BCUT2D eigenvalue weighted by Crippen LogP contribution is -2.18. The van der Waals surface area contributed by atoms with Crippen LogP contribution in [-0.4, -0.2) is 27.1 Å². The summed E-state index contributed by atoms with van der Waals surface area (Å²) in [5, 5.41) is 8.91. The molecule has 1 aromatic heterocycles. The van der Waals surface area contributed by atoms with Crippen molar-refractivity contribution in [2.24, 2.45) is 17.6 Å². The van der Waals surface area contributed by atoms with Crippen LogP contribution in [0.3, 0.4) is 0 Å². The van der Waals surface area contributed by atoms with Crippen LogP contribution in [0.2, 0.25) is 0 Å². The molecule has 2 saturated carbocycles. The van der Waals surface area contributed by atoms with Gasteiger partial charge in [-0.1, -0.05) is 26.2 Å². The molecule has 3 rings (SSSR count). The maximum atomic E-state index is 11.2. The highest BCUT2D eigenvalue weighted by atomic mass is 16.3. The molecule has 1 atom stereocenters. The van der Waals surface area contributed by atoms with Crippen LogP contribution in [0.1, 0.15) is 67.9 Å². The first-order valence-electron chi connectivity index (χ1n) is 8.56. The van der Waals surface area contributed by atoms with Gasteiger partial charge in [0.2, 0.25) is 5.95 Å². The first kappa shape index (κ1) is 17.7. The SMILES string of the molecule is C[C@@H](Cc1nc(N)ncc1C(N)=O)C1CC1.OC1CCCCC1. The second-order valence-corrected chi connectivity index (χ2v) is 6.76. The Morgan fingerprint density at radius 3 is 2.43 bits per heavy atom. The van der Waals surface area contributed by atoms with Crippen molar-refractivity contribution in [3.63, 3.8) is 0 Å². The largest absolute Gasteiger partial charge is 0.393 e. The van der Waals surface area contributed by atoms with Gasteiger partial charge in [-0.25, -0.2) is 9.97 Å². The Labute approximate surface area is 137 Å². The van der Waals surface area contributed by atoms with Crippen LogP contribution in [0.25, 0.3) is 0 Å². The minimum Gasteiger partial charge on any atom is -0.393 e. The van der Waals surface area contributed by atoms with Crippen LogP contribution in [-0.2, 0) is 6.42 Å². The zero-order valence-electron chi connectivity index (χ0n) is 13.9. The van der Waals surface area contributed by atoms with E-state index in [1.54, 1.807) is 0 Å². The zero-order chi connectivity index (χ0) is 16.8. The van der Waals surface area contributed by atoms with E-state index in [-0.39, 0.29) is 12.1 Å². The Bertz CT molecular complexity index is 525. The van der Waals surface area contributed by atoms with Gasteiger partial charge >= 0.3 is 0 Å². The van der Waals surface area contributed by atoms with Crippen molar-refractivity contribution in [2.45, 2.75) is 64.4 Å². The molecule has 0 aliphatic heterocycles. The van der Waals surface area contributed by atoms with Gasteiger partial charge in [-0.15, -0.1) is 0 Å². The van der Waals surface area contributed by atoms with E-state index in [1.165, 1.54) is 38.3 Å². The van der Waals surface area contributed by atoms with Crippen molar-refractivity contribution in [3.05, 3.63) is 17.5 Å². The lowest BCUT2D eigenvalue weighted by atomic mass is 9.98.